The first-order valence-electron chi connectivity index (χ1n) is 7.34. The Morgan fingerprint density at radius 1 is 1.38 bits per heavy atom. The third kappa shape index (κ3) is 4.89. The zero-order valence-electron chi connectivity index (χ0n) is 13.2. The molecule has 1 aromatic heterocycles. The number of hydrogen-bond acceptors (Lipinski definition) is 4. The molecule has 4 nitrogen and oxygen atoms in total. The number of piperazine rings is 1. The van der Waals surface area contributed by atoms with Crippen molar-refractivity contribution in [3.63, 3.8) is 0 Å². The van der Waals surface area contributed by atoms with E-state index in [1.807, 2.05) is 11.8 Å². The third-order valence-corrected chi connectivity index (χ3v) is 4.78. The summed E-state index contributed by atoms with van der Waals surface area (Å²) < 4.78 is 12.9. The van der Waals surface area contributed by atoms with Gasteiger partial charge in [0.05, 0.1) is 11.2 Å². The van der Waals surface area contributed by atoms with Crippen LogP contribution in [-0.2, 0) is 6.42 Å². The predicted molar refractivity (Wildman–Crippen MR) is 99.2 cm³/mol. The number of nitrogens with one attached hydrogen (secondary N) is 1. The fourth-order valence-electron chi connectivity index (χ4n) is 2.55. The molecule has 0 saturated carbocycles. The molecule has 0 bridgehead atoms. The van der Waals surface area contributed by atoms with Crippen LogP contribution in [0.15, 0.2) is 30.5 Å². The average molecular weight is 392 g/mol. The van der Waals surface area contributed by atoms with Crippen molar-refractivity contribution in [2.45, 2.75) is 19.4 Å². The Balaban J connectivity index is 0.00000144. The molecule has 1 N–H and O–H groups in total. The molecule has 1 aliphatic heterocycles. The Kier molecular flexibility index (Phi) is 8.09. The van der Waals surface area contributed by atoms with Crippen LogP contribution in [0.5, 0.6) is 0 Å². The molecule has 2 heterocycles. The van der Waals surface area contributed by atoms with Crippen LogP contribution >= 0.6 is 36.2 Å². The van der Waals surface area contributed by atoms with E-state index in [0.29, 0.717) is 11.3 Å². The van der Waals surface area contributed by atoms with Gasteiger partial charge in [-0.15, -0.1) is 36.2 Å². The van der Waals surface area contributed by atoms with Crippen LogP contribution in [0.1, 0.15) is 27.2 Å². The Labute approximate surface area is 157 Å². The second kappa shape index (κ2) is 9.32. The number of carbonyl (C=O) groups excluding carboxylic acids is 1. The number of nitrogens with zero attached hydrogens (tertiary/aromatic N) is 2. The van der Waals surface area contributed by atoms with Crippen LogP contribution in [0.25, 0.3) is 0 Å². The molecule has 8 heteroatoms. The van der Waals surface area contributed by atoms with Crippen molar-refractivity contribution < 1.29 is 9.18 Å². The standard InChI is InChI=1S/C16H18FN3OS.2ClH/c1-11-9-18-6-7-20(11)16(21)14-10-19-15(22-14)8-12-2-4-13(17)5-3-12;;/h2-5,10-11,18H,6-9H2,1H3;2*1H. The number of amides is 1. The molecule has 2 aromatic rings. The van der Waals surface area contributed by atoms with Crippen molar-refractivity contribution in [2.24, 2.45) is 0 Å². The lowest BCUT2D eigenvalue weighted by atomic mass is 10.2. The van der Waals surface area contributed by atoms with E-state index in [0.717, 1.165) is 30.2 Å². The number of benzene rings is 1. The predicted octanol–water partition coefficient (Wildman–Crippen LogP) is 3.15. The van der Waals surface area contributed by atoms with Gasteiger partial charge in [0.2, 0.25) is 0 Å². The van der Waals surface area contributed by atoms with Crippen LogP contribution < -0.4 is 5.32 Å². The SMILES string of the molecule is CC1CNCCN1C(=O)c1cnc(Cc2ccc(F)cc2)s1.Cl.Cl. The lowest BCUT2D eigenvalue weighted by molar-refractivity contribution is 0.0660. The van der Waals surface area contributed by atoms with Crippen molar-refractivity contribution in [1.29, 1.82) is 0 Å². The maximum absolute atomic E-state index is 12.9. The minimum atomic E-state index is -0.244. The second-order valence-electron chi connectivity index (χ2n) is 5.47. The van der Waals surface area contributed by atoms with E-state index >= 15 is 0 Å². The molecule has 0 radical (unpaired) electrons. The lowest BCUT2D eigenvalue weighted by Gasteiger charge is -2.33. The fraction of sp³-hybridized carbons (Fsp3) is 0.375. The van der Waals surface area contributed by atoms with Crippen molar-refractivity contribution in [3.8, 4) is 0 Å². The molecule has 1 fully saturated rings. The van der Waals surface area contributed by atoms with E-state index in [-0.39, 0.29) is 42.6 Å². The molecule has 1 aliphatic rings. The van der Waals surface area contributed by atoms with Gasteiger partial charge in [-0.2, -0.15) is 0 Å². The van der Waals surface area contributed by atoms with Crippen molar-refractivity contribution in [2.75, 3.05) is 19.6 Å². The summed E-state index contributed by atoms with van der Waals surface area (Å²) in [6, 6.07) is 6.58. The quantitative estimate of drug-likeness (QED) is 0.873. The molecule has 132 valence electrons. The van der Waals surface area contributed by atoms with Crippen LogP contribution in [0.4, 0.5) is 4.39 Å². The maximum atomic E-state index is 12.9. The second-order valence-corrected chi connectivity index (χ2v) is 6.59. The minimum absolute atomic E-state index is 0. The van der Waals surface area contributed by atoms with Crippen molar-refractivity contribution in [1.82, 2.24) is 15.2 Å². The van der Waals surface area contributed by atoms with E-state index in [4.69, 9.17) is 0 Å². The van der Waals surface area contributed by atoms with Crippen molar-refractivity contribution >= 4 is 42.1 Å². The van der Waals surface area contributed by atoms with E-state index in [1.165, 1.54) is 23.5 Å². The summed E-state index contributed by atoms with van der Waals surface area (Å²) in [7, 11) is 0. The summed E-state index contributed by atoms with van der Waals surface area (Å²) in [4.78, 5) is 19.4. The topological polar surface area (TPSA) is 45.2 Å². The first kappa shape index (κ1) is 20.8. The van der Waals surface area contributed by atoms with Gasteiger partial charge >= 0.3 is 0 Å². The molecular formula is C16H20Cl2FN3OS. The van der Waals surface area contributed by atoms with Gasteiger partial charge in [0.15, 0.2) is 0 Å². The molecule has 1 saturated heterocycles. The third-order valence-electron chi connectivity index (χ3n) is 3.80. The molecule has 0 spiro atoms. The van der Waals surface area contributed by atoms with Gasteiger partial charge in [-0.05, 0) is 24.6 Å². The first-order valence-corrected chi connectivity index (χ1v) is 8.16. The number of thiazole rings is 1. The highest BCUT2D eigenvalue weighted by Crippen LogP contribution is 2.20. The highest BCUT2D eigenvalue weighted by molar-refractivity contribution is 7.13. The molecule has 1 aromatic carbocycles. The maximum Gasteiger partial charge on any atom is 0.265 e. The number of rotatable bonds is 3. The van der Waals surface area contributed by atoms with Gasteiger partial charge in [-0.1, -0.05) is 12.1 Å². The van der Waals surface area contributed by atoms with Crippen molar-refractivity contribution in [3.05, 3.63) is 51.7 Å². The molecule has 1 unspecified atom stereocenters. The molecular weight excluding hydrogens is 372 g/mol. The fourth-order valence-corrected chi connectivity index (χ4v) is 3.46. The van der Waals surface area contributed by atoms with Crippen LogP contribution in [0.3, 0.4) is 0 Å². The number of halogens is 3. The smallest absolute Gasteiger partial charge is 0.265 e. The Bertz CT molecular complexity index is 666. The molecule has 24 heavy (non-hydrogen) atoms. The molecule has 1 atom stereocenters. The summed E-state index contributed by atoms with van der Waals surface area (Å²) in [6.45, 7) is 4.43. The molecule has 3 rings (SSSR count). The Morgan fingerprint density at radius 2 is 2.08 bits per heavy atom. The Morgan fingerprint density at radius 3 is 2.75 bits per heavy atom. The molecule has 1 amide bonds. The summed E-state index contributed by atoms with van der Waals surface area (Å²) >= 11 is 1.42. The van der Waals surface area contributed by atoms with E-state index in [9.17, 15) is 9.18 Å². The lowest BCUT2D eigenvalue weighted by Crippen LogP contribution is -2.52. The van der Waals surface area contributed by atoms with Crippen LogP contribution in [-0.4, -0.2) is 41.5 Å². The summed E-state index contributed by atoms with van der Waals surface area (Å²) in [5.74, 6) is -0.191. The summed E-state index contributed by atoms with van der Waals surface area (Å²) in [5, 5.41) is 4.15. The zero-order chi connectivity index (χ0) is 15.5. The average Bonchev–Trinajstić information content (AvgIpc) is 2.98. The number of aromatic nitrogens is 1. The number of carbonyl (C=O) groups is 1. The Hall–Kier alpha value is -1.21. The van der Waals surface area contributed by atoms with E-state index < -0.39 is 0 Å². The zero-order valence-corrected chi connectivity index (χ0v) is 15.6. The largest absolute Gasteiger partial charge is 0.333 e. The summed E-state index contributed by atoms with van der Waals surface area (Å²) in [5.41, 5.74) is 0.991. The van der Waals surface area contributed by atoms with E-state index in [2.05, 4.69) is 10.3 Å². The van der Waals surface area contributed by atoms with E-state index in [1.54, 1.807) is 18.3 Å². The highest BCUT2D eigenvalue weighted by atomic mass is 35.5. The van der Waals surface area contributed by atoms with Gasteiger partial charge in [0, 0.05) is 32.1 Å². The first-order chi connectivity index (χ1) is 10.6. The van der Waals surface area contributed by atoms with Gasteiger partial charge in [-0.25, -0.2) is 9.37 Å². The minimum Gasteiger partial charge on any atom is -0.333 e. The molecule has 0 aliphatic carbocycles. The van der Waals surface area contributed by atoms with Gasteiger partial charge in [0.1, 0.15) is 10.7 Å². The highest BCUT2D eigenvalue weighted by Gasteiger charge is 2.25. The summed E-state index contributed by atoms with van der Waals surface area (Å²) in [6.07, 6.45) is 2.27. The van der Waals surface area contributed by atoms with Gasteiger partial charge < -0.3 is 10.2 Å². The monoisotopic (exact) mass is 391 g/mol. The van der Waals surface area contributed by atoms with Gasteiger partial charge in [0.25, 0.3) is 5.91 Å². The number of hydrogen-bond donors (Lipinski definition) is 1. The van der Waals surface area contributed by atoms with Crippen LogP contribution in [0.2, 0.25) is 0 Å². The van der Waals surface area contributed by atoms with Gasteiger partial charge in [-0.3, -0.25) is 4.79 Å². The normalized spacial score (nSPS) is 16.9. The van der Waals surface area contributed by atoms with Crippen LogP contribution in [0, 0.1) is 5.82 Å².